The Labute approximate surface area is 182 Å². The highest BCUT2D eigenvalue weighted by Crippen LogP contribution is 2.48. The number of sulfonamides is 1. The first-order chi connectivity index (χ1) is 14.9. The summed E-state index contributed by atoms with van der Waals surface area (Å²) in [6.07, 6.45) is 3.85. The molecule has 1 heterocycles. The summed E-state index contributed by atoms with van der Waals surface area (Å²) in [5, 5.41) is 3.01. The van der Waals surface area contributed by atoms with Crippen molar-refractivity contribution in [3.8, 4) is 0 Å². The summed E-state index contributed by atoms with van der Waals surface area (Å²) < 4.78 is 27.5. The van der Waals surface area contributed by atoms with Crippen molar-refractivity contribution in [2.75, 3.05) is 24.4 Å². The molecule has 1 aliphatic carbocycles. The van der Waals surface area contributed by atoms with Gasteiger partial charge in [-0.15, -0.1) is 0 Å². The number of nitrogens with zero attached hydrogens (tertiary/aromatic N) is 1. The molecule has 0 atom stereocenters. The monoisotopic (exact) mass is 441 g/mol. The van der Waals surface area contributed by atoms with Gasteiger partial charge in [0.25, 0.3) is 10.0 Å². The van der Waals surface area contributed by atoms with E-state index in [1.807, 2.05) is 17.0 Å². The van der Waals surface area contributed by atoms with Gasteiger partial charge in [0, 0.05) is 31.7 Å². The molecule has 0 spiro atoms. The summed E-state index contributed by atoms with van der Waals surface area (Å²) in [4.78, 5) is 26.5. The third-order valence-corrected chi connectivity index (χ3v) is 7.39. The lowest BCUT2D eigenvalue weighted by atomic mass is 9.95. The minimum atomic E-state index is -3.65. The van der Waals surface area contributed by atoms with Gasteiger partial charge in [0.05, 0.1) is 10.3 Å². The Morgan fingerprint density at radius 1 is 1.03 bits per heavy atom. The summed E-state index contributed by atoms with van der Waals surface area (Å²) in [6.45, 7) is 2.04. The number of nitrogens with one attached hydrogen (secondary N) is 2. The van der Waals surface area contributed by atoms with Crippen LogP contribution < -0.4 is 10.0 Å². The highest BCUT2D eigenvalue weighted by Gasteiger charge is 2.51. The third-order valence-electron chi connectivity index (χ3n) is 5.99. The van der Waals surface area contributed by atoms with Gasteiger partial charge < -0.3 is 10.2 Å². The number of carbonyl (C=O) groups is 2. The molecule has 2 amide bonds. The first kappa shape index (κ1) is 21.4. The maximum Gasteiger partial charge on any atom is 0.261 e. The molecule has 0 radical (unpaired) electrons. The molecule has 4 rings (SSSR count). The van der Waals surface area contributed by atoms with Crippen molar-refractivity contribution in [3.05, 3.63) is 60.2 Å². The van der Waals surface area contributed by atoms with E-state index in [-0.39, 0.29) is 16.7 Å². The highest BCUT2D eigenvalue weighted by molar-refractivity contribution is 7.92. The summed E-state index contributed by atoms with van der Waals surface area (Å²) in [5.74, 6) is 0.200. The minimum absolute atomic E-state index is 0.00198. The Morgan fingerprint density at radius 2 is 1.74 bits per heavy atom. The molecule has 164 valence electrons. The van der Waals surface area contributed by atoms with E-state index in [2.05, 4.69) is 10.0 Å². The number of rotatable bonds is 9. The van der Waals surface area contributed by atoms with Gasteiger partial charge in [-0.3, -0.25) is 14.3 Å². The molecule has 1 saturated heterocycles. The van der Waals surface area contributed by atoms with E-state index in [0.717, 1.165) is 37.8 Å². The van der Waals surface area contributed by atoms with E-state index in [9.17, 15) is 18.0 Å². The lowest BCUT2D eigenvalue weighted by Crippen LogP contribution is -2.36. The van der Waals surface area contributed by atoms with Crippen LogP contribution in [0.1, 0.15) is 37.7 Å². The van der Waals surface area contributed by atoms with Crippen LogP contribution in [0.2, 0.25) is 0 Å². The second-order valence-electron chi connectivity index (χ2n) is 8.17. The van der Waals surface area contributed by atoms with Gasteiger partial charge in [-0.25, -0.2) is 8.42 Å². The van der Waals surface area contributed by atoms with Crippen LogP contribution >= 0.6 is 0 Å². The Hall–Kier alpha value is -2.87. The quantitative estimate of drug-likeness (QED) is 0.585. The first-order valence-corrected chi connectivity index (χ1v) is 12.1. The largest absolute Gasteiger partial charge is 0.355 e. The molecule has 2 N–H and O–H groups in total. The summed E-state index contributed by atoms with van der Waals surface area (Å²) in [5.41, 5.74) is 0.821. The zero-order valence-corrected chi connectivity index (χ0v) is 18.2. The highest BCUT2D eigenvalue weighted by atomic mass is 32.2. The van der Waals surface area contributed by atoms with E-state index in [1.54, 1.807) is 42.5 Å². The smallest absolute Gasteiger partial charge is 0.261 e. The first-order valence-electron chi connectivity index (χ1n) is 10.7. The predicted octanol–water partition coefficient (Wildman–Crippen LogP) is 2.65. The van der Waals surface area contributed by atoms with Crippen LogP contribution in [0.5, 0.6) is 0 Å². The van der Waals surface area contributed by atoms with Crippen molar-refractivity contribution < 1.29 is 18.0 Å². The maximum atomic E-state index is 12.8. The predicted molar refractivity (Wildman–Crippen MR) is 118 cm³/mol. The Morgan fingerprint density at radius 3 is 2.35 bits per heavy atom. The number of anilines is 1. The molecule has 2 aliphatic rings. The van der Waals surface area contributed by atoms with Gasteiger partial charge in [-0.2, -0.15) is 0 Å². The molecular weight excluding hydrogens is 414 g/mol. The molecule has 8 heteroatoms. The normalized spacial score (nSPS) is 17.4. The molecule has 0 aromatic heterocycles. The number of likely N-dealkylation sites (tertiary alicyclic amines) is 1. The lowest BCUT2D eigenvalue weighted by Gasteiger charge is -2.18. The number of amides is 2. The van der Waals surface area contributed by atoms with Crippen molar-refractivity contribution in [3.63, 3.8) is 0 Å². The van der Waals surface area contributed by atoms with Gasteiger partial charge in [-0.1, -0.05) is 30.3 Å². The second-order valence-corrected chi connectivity index (χ2v) is 9.85. The van der Waals surface area contributed by atoms with Gasteiger partial charge in [0.1, 0.15) is 0 Å². The van der Waals surface area contributed by atoms with Crippen LogP contribution in [0.25, 0.3) is 0 Å². The zero-order chi connectivity index (χ0) is 21.9. The van der Waals surface area contributed by atoms with Crippen LogP contribution in [0.3, 0.4) is 0 Å². The lowest BCUT2D eigenvalue weighted by molar-refractivity contribution is -0.127. The average molecular weight is 442 g/mol. The number of hydrogen-bond donors (Lipinski definition) is 2. The molecule has 1 saturated carbocycles. The summed E-state index contributed by atoms with van der Waals surface area (Å²) in [6, 6.07) is 15.2. The third kappa shape index (κ3) is 4.74. The Kier molecular flexibility index (Phi) is 6.00. The fourth-order valence-corrected chi connectivity index (χ4v) is 5.10. The fraction of sp³-hybridized carbons (Fsp3) is 0.391. The molecule has 2 aromatic rings. The van der Waals surface area contributed by atoms with E-state index in [1.165, 1.54) is 0 Å². The molecule has 0 bridgehead atoms. The van der Waals surface area contributed by atoms with E-state index in [4.69, 9.17) is 0 Å². The SMILES string of the molecule is O=C1CCCN1CCCNC(=O)C1(c2ccc(NS(=O)(=O)c3ccccc3)cc2)CC1. The van der Waals surface area contributed by atoms with Crippen molar-refractivity contribution in [1.29, 1.82) is 0 Å². The molecule has 7 nitrogen and oxygen atoms in total. The Bertz CT molecular complexity index is 1050. The molecule has 1 aliphatic heterocycles. The molecular formula is C23H27N3O4S. The Balaban J connectivity index is 1.32. The summed E-state index contributed by atoms with van der Waals surface area (Å²) in [7, 11) is -3.65. The maximum absolute atomic E-state index is 12.8. The van der Waals surface area contributed by atoms with Crippen molar-refractivity contribution >= 4 is 27.5 Å². The van der Waals surface area contributed by atoms with Crippen LogP contribution in [0.15, 0.2) is 59.5 Å². The van der Waals surface area contributed by atoms with Crippen LogP contribution in [-0.4, -0.2) is 44.8 Å². The molecule has 31 heavy (non-hydrogen) atoms. The number of hydrogen-bond acceptors (Lipinski definition) is 4. The standard InChI is InChI=1S/C23H27N3O4S/c27-21-8-4-16-26(21)17-5-15-24-22(28)23(13-14-23)18-9-11-19(12-10-18)25-31(29,30)20-6-2-1-3-7-20/h1-3,6-7,9-12,25H,4-5,8,13-17H2,(H,24,28). The average Bonchev–Trinajstić information content (AvgIpc) is 3.49. The summed E-state index contributed by atoms with van der Waals surface area (Å²) >= 11 is 0. The second kappa shape index (κ2) is 8.70. The fourth-order valence-electron chi connectivity index (χ4n) is 4.02. The van der Waals surface area contributed by atoms with Crippen molar-refractivity contribution in [1.82, 2.24) is 10.2 Å². The topological polar surface area (TPSA) is 95.6 Å². The van der Waals surface area contributed by atoms with Gasteiger partial charge in [0.15, 0.2) is 0 Å². The minimum Gasteiger partial charge on any atom is -0.355 e. The van der Waals surface area contributed by atoms with Crippen molar-refractivity contribution in [2.45, 2.75) is 42.4 Å². The van der Waals surface area contributed by atoms with Crippen LogP contribution in [-0.2, 0) is 25.0 Å². The van der Waals surface area contributed by atoms with E-state index >= 15 is 0 Å². The van der Waals surface area contributed by atoms with Crippen LogP contribution in [0, 0.1) is 0 Å². The van der Waals surface area contributed by atoms with E-state index < -0.39 is 15.4 Å². The van der Waals surface area contributed by atoms with Gasteiger partial charge in [-0.05, 0) is 55.5 Å². The van der Waals surface area contributed by atoms with E-state index in [0.29, 0.717) is 25.2 Å². The molecule has 2 fully saturated rings. The van der Waals surface area contributed by atoms with Crippen molar-refractivity contribution in [2.24, 2.45) is 0 Å². The number of carbonyl (C=O) groups excluding carboxylic acids is 2. The number of benzene rings is 2. The molecule has 2 aromatic carbocycles. The zero-order valence-electron chi connectivity index (χ0n) is 17.3. The van der Waals surface area contributed by atoms with Gasteiger partial charge in [0.2, 0.25) is 11.8 Å². The van der Waals surface area contributed by atoms with Gasteiger partial charge >= 0.3 is 0 Å². The van der Waals surface area contributed by atoms with Crippen LogP contribution in [0.4, 0.5) is 5.69 Å². The molecule has 0 unspecified atom stereocenters.